The summed E-state index contributed by atoms with van der Waals surface area (Å²) in [5, 5.41) is 0. The van der Waals surface area contributed by atoms with Crippen LogP contribution in [-0.4, -0.2) is 9.55 Å². The molecule has 4 nitrogen and oxygen atoms in total. The molecule has 0 atom stereocenters. The maximum atomic E-state index is 13.2. The molecule has 2 aromatic rings. The maximum absolute atomic E-state index is 13.2. The summed E-state index contributed by atoms with van der Waals surface area (Å²) < 4.78 is 20.6. The molecule has 0 bridgehead atoms. The Bertz CT molecular complexity index is 623. The van der Waals surface area contributed by atoms with Crippen molar-refractivity contribution in [1.29, 1.82) is 0 Å². The molecule has 0 spiro atoms. The minimum absolute atomic E-state index is 0.0616. The molecule has 0 amide bonds. The Balaban J connectivity index is 2.33. The van der Waals surface area contributed by atoms with Gasteiger partial charge >= 0.3 is 5.56 Å². The summed E-state index contributed by atoms with van der Waals surface area (Å²) in [4.78, 5) is 15.9. The molecule has 100 valence electrons. The lowest BCUT2D eigenvalue weighted by molar-refractivity contribution is 0.439. The largest absolute Gasteiger partial charge is 0.434 e. The van der Waals surface area contributed by atoms with Crippen LogP contribution in [0.25, 0.3) is 0 Å². The molecule has 0 radical (unpaired) electrons. The van der Waals surface area contributed by atoms with Crippen LogP contribution in [0.2, 0.25) is 0 Å². The Hall–Kier alpha value is -1.69. The highest BCUT2D eigenvalue weighted by molar-refractivity contribution is 9.10. The first-order valence-electron chi connectivity index (χ1n) is 5.79. The van der Waals surface area contributed by atoms with Crippen LogP contribution in [0.15, 0.2) is 39.9 Å². The predicted molar refractivity (Wildman–Crippen MR) is 73.0 cm³/mol. The van der Waals surface area contributed by atoms with E-state index in [2.05, 4.69) is 20.9 Å². The van der Waals surface area contributed by atoms with Gasteiger partial charge in [0.25, 0.3) is 5.88 Å². The Morgan fingerprint density at radius 3 is 2.89 bits per heavy atom. The molecule has 0 fully saturated rings. The third-order valence-corrected chi connectivity index (χ3v) is 2.86. The molecule has 1 aromatic heterocycles. The van der Waals surface area contributed by atoms with Crippen molar-refractivity contribution in [2.45, 2.75) is 19.9 Å². The van der Waals surface area contributed by atoms with Crippen molar-refractivity contribution in [2.75, 3.05) is 0 Å². The van der Waals surface area contributed by atoms with Crippen molar-refractivity contribution in [1.82, 2.24) is 9.55 Å². The lowest BCUT2D eigenvalue weighted by atomic mass is 10.3. The van der Waals surface area contributed by atoms with E-state index in [-0.39, 0.29) is 17.2 Å². The highest BCUT2D eigenvalue weighted by atomic mass is 79.9. The highest BCUT2D eigenvalue weighted by Gasteiger charge is 2.08. The lowest BCUT2D eigenvalue weighted by Gasteiger charge is -2.07. The second-order valence-electron chi connectivity index (χ2n) is 3.94. The first-order valence-corrected chi connectivity index (χ1v) is 6.59. The zero-order valence-electron chi connectivity index (χ0n) is 10.3. The third-order valence-electron chi connectivity index (χ3n) is 2.40. The fourth-order valence-corrected chi connectivity index (χ4v) is 2.06. The Morgan fingerprint density at radius 2 is 2.21 bits per heavy atom. The first-order chi connectivity index (χ1) is 9.10. The van der Waals surface area contributed by atoms with Crippen LogP contribution >= 0.6 is 15.9 Å². The van der Waals surface area contributed by atoms with E-state index in [1.165, 1.54) is 22.9 Å². The minimum atomic E-state index is -0.450. The number of aromatic nitrogens is 2. The maximum Gasteiger partial charge on any atom is 0.313 e. The van der Waals surface area contributed by atoms with Gasteiger partial charge in [-0.1, -0.05) is 22.9 Å². The second kappa shape index (κ2) is 5.97. The Labute approximate surface area is 118 Å². The van der Waals surface area contributed by atoms with Gasteiger partial charge in [0.2, 0.25) is 0 Å². The smallest absolute Gasteiger partial charge is 0.313 e. The number of nitrogens with zero attached hydrogens (tertiary/aromatic N) is 2. The van der Waals surface area contributed by atoms with Gasteiger partial charge in [-0.25, -0.2) is 9.37 Å². The van der Waals surface area contributed by atoms with E-state index in [0.717, 1.165) is 6.42 Å². The molecule has 0 aliphatic heterocycles. The van der Waals surface area contributed by atoms with Crippen molar-refractivity contribution < 1.29 is 9.13 Å². The molecule has 0 aliphatic carbocycles. The number of hydrogen-bond donors (Lipinski definition) is 0. The number of halogens is 2. The number of aryl methyl sites for hydroxylation is 1. The van der Waals surface area contributed by atoms with Crippen LogP contribution in [0.3, 0.4) is 0 Å². The van der Waals surface area contributed by atoms with Crippen molar-refractivity contribution in [3.8, 4) is 11.6 Å². The van der Waals surface area contributed by atoms with E-state index in [9.17, 15) is 9.18 Å². The van der Waals surface area contributed by atoms with Gasteiger partial charge in [-0.2, -0.15) is 0 Å². The van der Waals surface area contributed by atoms with Gasteiger partial charge in [-0.3, -0.25) is 4.79 Å². The summed E-state index contributed by atoms with van der Waals surface area (Å²) in [6, 6.07) is 4.07. The van der Waals surface area contributed by atoms with E-state index < -0.39 is 5.82 Å². The van der Waals surface area contributed by atoms with Gasteiger partial charge < -0.3 is 9.30 Å². The van der Waals surface area contributed by atoms with Gasteiger partial charge in [0.1, 0.15) is 11.6 Å². The topological polar surface area (TPSA) is 44.1 Å². The van der Waals surface area contributed by atoms with Crippen LogP contribution < -0.4 is 10.3 Å². The van der Waals surface area contributed by atoms with Crippen molar-refractivity contribution >= 4 is 15.9 Å². The van der Waals surface area contributed by atoms with Gasteiger partial charge in [0.15, 0.2) is 0 Å². The fourth-order valence-electron chi connectivity index (χ4n) is 1.61. The molecular weight excluding hydrogens is 315 g/mol. The number of benzene rings is 1. The van der Waals surface area contributed by atoms with Crippen molar-refractivity contribution in [3.63, 3.8) is 0 Å². The summed E-state index contributed by atoms with van der Waals surface area (Å²) in [5.41, 5.74) is -0.329. The zero-order chi connectivity index (χ0) is 13.8. The number of ether oxygens (including phenoxy) is 1. The van der Waals surface area contributed by atoms with E-state index in [1.807, 2.05) is 6.92 Å². The van der Waals surface area contributed by atoms with E-state index in [0.29, 0.717) is 11.0 Å². The van der Waals surface area contributed by atoms with E-state index in [1.54, 1.807) is 12.3 Å². The number of rotatable bonds is 4. The highest BCUT2D eigenvalue weighted by Crippen LogP contribution is 2.23. The molecule has 2 rings (SSSR count). The van der Waals surface area contributed by atoms with Crippen LogP contribution in [0.4, 0.5) is 4.39 Å². The van der Waals surface area contributed by atoms with Gasteiger partial charge in [-0.15, -0.1) is 0 Å². The van der Waals surface area contributed by atoms with E-state index in [4.69, 9.17) is 4.74 Å². The molecular formula is C13H12BrFN2O2. The molecule has 0 N–H and O–H groups in total. The van der Waals surface area contributed by atoms with Gasteiger partial charge in [0.05, 0.1) is 0 Å². The Morgan fingerprint density at radius 1 is 1.42 bits per heavy atom. The van der Waals surface area contributed by atoms with Crippen LogP contribution in [0.1, 0.15) is 13.3 Å². The van der Waals surface area contributed by atoms with Crippen LogP contribution in [-0.2, 0) is 6.54 Å². The quantitative estimate of drug-likeness (QED) is 0.865. The fraction of sp³-hybridized carbons (Fsp3) is 0.231. The van der Waals surface area contributed by atoms with Gasteiger partial charge in [-0.05, 0) is 18.6 Å². The average Bonchev–Trinajstić information content (AvgIpc) is 2.33. The second-order valence-corrected chi connectivity index (χ2v) is 4.85. The molecule has 0 saturated carbocycles. The SMILES string of the molecule is CCCn1ccnc(Oc2cc(F)cc(Br)c2)c1=O. The van der Waals surface area contributed by atoms with Gasteiger partial charge in [0, 0.05) is 29.5 Å². The number of hydrogen-bond acceptors (Lipinski definition) is 3. The van der Waals surface area contributed by atoms with Crippen molar-refractivity contribution in [3.05, 3.63) is 51.2 Å². The first kappa shape index (κ1) is 13.7. The van der Waals surface area contributed by atoms with Crippen LogP contribution in [0.5, 0.6) is 11.6 Å². The summed E-state index contributed by atoms with van der Waals surface area (Å²) >= 11 is 3.16. The standard InChI is InChI=1S/C13H12BrFN2O2/c1-2-4-17-5-3-16-12(13(17)18)19-11-7-9(14)6-10(15)8-11/h3,5-8H,2,4H2,1H3. The summed E-state index contributed by atoms with van der Waals surface area (Å²) in [6.07, 6.45) is 3.91. The summed E-state index contributed by atoms with van der Waals surface area (Å²) in [6.45, 7) is 2.56. The molecule has 6 heteroatoms. The average molecular weight is 327 g/mol. The molecule has 0 unspecified atom stereocenters. The zero-order valence-corrected chi connectivity index (χ0v) is 11.9. The monoisotopic (exact) mass is 326 g/mol. The lowest BCUT2D eigenvalue weighted by Crippen LogP contribution is -2.21. The molecule has 1 aromatic carbocycles. The normalized spacial score (nSPS) is 10.5. The van der Waals surface area contributed by atoms with E-state index >= 15 is 0 Å². The minimum Gasteiger partial charge on any atom is -0.434 e. The molecule has 0 aliphatic rings. The summed E-state index contributed by atoms with van der Waals surface area (Å²) in [5.74, 6) is -0.284. The predicted octanol–water partition coefficient (Wildman–Crippen LogP) is 3.35. The van der Waals surface area contributed by atoms with Crippen LogP contribution in [0, 0.1) is 5.82 Å². The molecule has 0 saturated heterocycles. The molecule has 1 heterocycles. The third kappa shape index (κ3) is 3.41. The summed E-state index contributed by atoms with van der Waals surface area (Å²) in [7, 11) is 0. The molecule has 19 heavy (non-hydrogen) atoms. The van der Waals surface area contributed by atoms with Crippen molar-refractivity contribution in [2.24, 2.45) is 0 Å². The Kier molecular flexibility index (Phi) is 4.31.